The van der Waals surface area contributed by atoms with Crippen molar-refractivity contribution in [2.24, 2.45) is 0 Å². The van der Waals surface area contributed by atoms with E-state index in [-0.39, 0.29) is 5.91 Å². The average molecular weight is 358 g/mol. The number of thiazole rings is 2. The quantitative estimate of drug-likeness (QED) is 0.719. The minimum Gasteiger partial charge on any atom is -0.345 e. The molecule has 0 spiro atoms. The highest BCUT2D eigenvalue weighted by Gasteiger charge is 2.22. The number of hydrogen-bond acceptors (Lipinski definition) is 6. The molecule has 0 bridgehead atoms. The maximum atomic E-state index is 12.5. The molecular formula is C17H18N4OS2. The second kappa shape index (κ2) is 6.86. The second-order valence-electron chi connectivity index (χ2n) is 5.76. The number of carbonyl (C=O) groups is 1. The Kier molecular flexibility index (Phi) is 4.44. The van der Waals surface area contributed by atoms with Crippen LogP contribution in [-0.2, 0) is 11.2 Å². The van der Waals surface area contributed by atoms with Crippen LogP contribution in [0.25, 0.3) is 10.2 Å². The molecule has 0 atom stereocenters. The van der Waals surface area contributed by atoms with E-state index >= 15 is 0 Å². The number of amides is 1. The second-order valence-corrected chi connectivity index (χ2v) is 7.75. The number of rotatable bonds is 4. The lowest BCUT2D eigenvalue weighted by molar-refractivity contribution is -0.131. The fraction of sp³-hybridized carbons (Fsp3) is 0.353. The van der Waals surface area contributed by atoms with Gasteiger partial charge in [-0.3, -0.25) is 4.79 Å². The van der Waals surface area contributed by atoms with E-state index in [4.69, 9.17) is 0 Å². The molecule has 1 amide bonds. The van der Waals surface area contributed by atoms with Crippen molar-refractivity contribution < 1.29 is 4.79 Å². The van der Waals surface area contributed by atoms with Crippen molar-refractivity contribution in [3.8, 4) is 0 Å². The Morgan fingerprint density at radius 2 is 2.00 bits per heavy atom. The highest BCUT2D eigenvalue weighted by molar-refractivity contribution is 7.18. The van der Waals surface area contributed by atoms with Crippen LogP contribution >= 0.6 is 22.7 Å². The van der Waals surface area contributed by atoms with Crippen LogP contribution in [0.5, 0.6) is 0 Å². The number of para-hydroxylation sites is 1. The molecule has 0 N–H and O–H groups in total. The van der Waals surface area contributed by atoms with Gasteiger partial charge < -0.3 is 9.80 Å². The summed E-state index contributed by atoms with van der Waals surface area (Å²) in [5.74, 6) is 0.230. The zero-order valence-electron chi connectivity index (χ0n) is 13.2. The smallest absolute Gasteiger partial charge is 0.223 e. The summed E-state index contributed by atoms with van der Waals surface area (Å²) in [6.45, 7) is 3.28. The van der Waals surface area contributed by atoms with Crippen molar-refractivity contribution in [2.45, 2.75) is 12.8 Å². The third-order valence-electron chi connectivity index (χ3n) is 4.21. The third kappa shape index (κ3) is 3.27. The van der Waals surface area contributed by atoms with Crippen molar-refractivity contribution in [3.63, 3.8) is 0 Å². The minimum absolute atomic E-state index is 0.230. The van der Waals surface area contributed by atoms with Crippen LogP contribution < -0.4 is 4.90 Å². The topological polar surface area (TPSA) is 49.3 Å². The predicted molar refractivity (Wildman–Crippen MR) is 98.8 cm³/mol. The molecule has 0 saturated carbocycles. The third-order valence-corrected chi connectivity index (χ3v) is 6.14. The summed E-state index contributed by atoms with van der Waals surface area (Å²) < 4.78 is 1.19. The number of nitrogens with zero attached hydrogens (tertiary/aromatic N) is 4. The zero-order valence-corrected chi connectivity index (χ0v) is 14.9. The lowest BCUT2D eigenvalue weighted by Crippen LogP contribution is -2.48. The summed E-state index contributed by atoms with van der Waals surface area (Å²) in [7, 11) is 0. The van der Waals surface area contributed by atoms with Gasteiger partial charge in [0.1, 0.15) is 0 Å². The van der Waals surface area contributed by atoms with Crippen molar-refractivity contribution in [1.82, 2.24) is 14.9 Å². The molecule has 2 aromatic heterocycles. The van der Waals surface area contributed by atoms with Gasteiger partial charge in [-0.05, 0) is 12.1 Å². The fourth-order valence-corrected chi connectivity index (χ4v) is 4.58. The molecule has 24 heavy (non-hydrogen) atoms. The van der Waals surface area contributed by atoms with E-state index in [0.29, 0.717) is 6.42 Å². The molecule has 0 radical (unpaired) electrons. The summed E-state index contributed by atoms with van der Waals surface area (Å²) in [6.07, 6.45) is 3.09. The Bertz CT molecular complexity index is 789. The first-order valence-corrected chi connectivity index (χ1v) is 9.76. The fourth-order valence-electron chi connectivity index (χ4n) is 2.92. The number of carbonyl (C=O) groups excluding carboxylic acids is 1. The first-order valence-electron chi connectivity index (χ1n) is 8.06. The highest BCUT2D eigenvalue weighted by atomic mass is 32.1. The van der Waals surface area contributed by atoms with E-state index in [1.807, 2.05) is 34.7 Å². The molecule has 0 aliphatic carbocycles. The number of anilines is 1. The normalized spacial score (nSPS) is 15.2. The average Bonchev–Trinajstić information content (AvgIpc) is 3.29. The van der Waals surface area contributed by atoms with Crippen molar-refractivity contribution in [2.75, 3.05) is 31.1 Å². The van der Waals surface area contributed by atoms with Gasteiger partial charge in [0, 0.05) is 50.6 Å². The first-order chi connectivity index (χ1) is 11.8. The number of piperazine rings is 1. The van der Waals surface area contributed by atoms with E-state index < -0.39 is 0 Å². The largest absolute Gasteiger partial charge is 0.345 e. The molecule has 1 aliphatic rings. The van der Waals surface area contributed by atoms with E-state index in [2.05, 4.69) is 20.9 Å². The Hall–Kier alpha value is -1.99. The van der Waals surface area contributed by atoms with E-state index in [9.17, 15) is 4.79 Å². The lowest BCUT2D eigenvalue weighted by Gasteiger charge is -2.34. The van der Waals surface area contributed by atoms with Gasteiger partial charge in [-0.2, -0.15) is 0 Å². The molecule has 4 rings (SSSR count). The molecule has 3 heterocycles. The SMILES string of the molecule is O=C(CCc1nc2ccccc2s1)N1CCN(c2nccs2)CC1. The number of benzene rings is 1. The van der Waals surface area contributed by atoms with Gasteiger partial charge in [-0.15, -0.1) is 22.7 Å². The van der Waals surface area contributed by atoms with Gasteiger partial charge in [-0.25, -0.2) is 9.97 Å². The van der Waals surface area contributed by atoms with Gasteiger partial charge in [0.15, 0.2) is 5.13 Å². The summed E-state index contributed by atoms with van der Waals surface area (Å²) in [4.78, 5) is 25.6. The highest BCUT2D eigenvalue weighted by Crippen LogP contribution is 2.23. The molecule has 7 heteroatoms. The molecule has 1 aromatic carbocycles. The number of aryl methyl sites for hydroxylation is 1. The predicted octanol–water partition coefficient (Wildman–Crippen LogP) is 3.03. The molecule has 5 nitrogen and oxygen atoms in total. The van der Waals surface area contributed by atoms with Crippen LogP contribution in [0.15, 0.2) is 35.8 Å². The van der Waals surface area contributed by atoms with Gasteiger partial charge >= 0.3 is 0 Å². The van der Waals surface area contributed by atoms with Crippen LogP contribution in [0.2, 0.25) is 0 Å². The minimum atomic E-state index is 0.230. The number of hydrogen-bond donors (Lipinski definition) is 0. The summed E-state index contributed by atoms with van der Waals surface area (Å²) in [5, 5.41) is 4.09. The summed E-state index contributed by atoms with van der Waals surface area (Å²) in [6, 6.07) is 8.13. The Balaban J connectivity index is 1.30. The summed E-state index contributed by atoms with van der Waals surface area (Å²) >= 11 is 3.34. The van der Waals surface area contributed by atoms with Crippen molar-refractivity contribution in [1.29, 1.82) is 0 Å². The Morgan fingerprint density at radius 3 is 2.75 bits per heavy atom. The molecule has 1 aliphatic heterocycles. The molecule has 124 valence electrons. The Labute approximate surface area is 148 Å². The molecule has 0 unspecified atom stereocenters. The van der Waals surface area contributed by atoms with Gasteiger partial charge in [-0.1, -0.05) is 12.1 Å². The van der Waals surface area contributed by atoms with Crippen LogP contribution in [0.1, 0.15) is 11.4 Å². The van der Waals surface area contributed by atoms with E-state index in [1.165, 1.54) is 4.70 Å². The number of aromatic nitrogens is 2. The Morgan fingerprint density at radius 1 is 1.17 bits per heavy atom. The first kappa shape index (κ1) is 15.5. The van der Waals surface area contributed by atoms with Gasteiger partial charge in [0.05, 0.1) is 15.2 Å². The number of fused-ring (bicyclic) bond motifs is 1. The van der Waals surface area contributed by atoms with Crippen LogP contribution in [-0.4, -0.2) is 47.0 Å². The molecule has 3 aromatic rings. The van der Waals surface area contributed by atoms with E-state index in [1.54, 1.807) is 22.7 Å². The van der Waals surface area contributed by atoms with Gasteiger partial charge in [0.2, 0.25) is 5.91 Å². The van der Waals surface area contributed by atoms with Gasteiger partial charge in [0.25, 0.3) is 0 Å². The van der Waals surface area contributed by atoms with Crippen molar-refractivity contribution in [3.05, 3.63) is 40.8 Å². The molecular weight excluding hydrogens is 340 g/mol. The van der Waals surface area contributed by atoms with Crippen LogP contribution in [0.3, 0.4) is 0 Å². The summed E-state index contributed by atoms with van der Waals surface area (Å²) in [5.41, 5.74) is 1.03. The van der Waals surface area contributed by atoms with Crippen LogP contribution in [0, 0.1) is 0 Å². The van der Waals surface area contributed by atoms with E-state index in [0.717, 1.165) is 48.3 Å². The lowest BCUT2D eigenvalue weighted by atomic mass is 10.2. The molecule has 1 fully saturated rings. The van der Waals surface area contributed by atoms with Crippen molar-refractivity contribution >= 4 is 43.9 Å². The molecule has 1 saturated heterocycles. The maximum absolute atomic E-state index is 12.5. The monoisotopic (exact) mass is 358 g/mol. The maximum Gasteiger partial charge on any atom is 0.223 e. The standard InChI is InChI=1S/C17H18N4OS2/c22-16(6-5-15-19-13-3-1-2-4-14(13)24-15)20-8-10-21(11-9-20)17-18-7-12-23-17/h1-4,7,12H,5-6,8-11H2. The zero-order chi connectivity index (χ0) is 16.4. The van der Waals surface area contributed by atoms with Crippen LogP contribution in [0.4, 0.5) is 5.13 Å².